The number of rotatable bonds is 1. The van der Waals surface area contributed by atoms with Crippen LogP contribution in [0, 0.1) is 0 Å². The molecule has 0 bridgehead atoms. The summed E-state index contributed by atoms with van der Waals surface area (Å²) < 4.78 is 12.1. The smallest absolute Gasteiger partial charge is 0.124 e. The van der Waals surface area contributed by atoms with Gasteiger partial charge in [-0.25, -0.2) is 0 Å². The first-order valence-electron chi connectivity index (χ1n) is 7.69. The summed E-state index contributed by atoms with van der Waals surface area (Å²) in [7, 11) is 0. The Labute approximate surface area is 127 Å². The molecule has 0 spiro atoms. The Bertz CT molecular complexity index is 511. The van der Waals surface area contributed by atoms with Crippen LogP contribution >= 0.6 is 0 Å². The Hall–Kier alpha value is -1.10. The van der Waals surface area contributed by atoms with E-state index in [0.717, 1.165) is 24.4 Å². The molecule has 3 rings (SSSR count). The van der Waals surface area contributed by atoms with Crippen molar-refractivity contribution >= 4 is 0 Å². The van der Waals surface area contributed by atoms with Gasteiger partial charge in [0.1, 0.15) is 12.4 Å². The van der Waals surface area contributed by atoms with Crippen molar-refractivity contribution in [3.8, 4) is 5.75 Å². The van der Waals surface area contributed by atoms with Gasteiger partial charge in [0.25, 0.3) is 0 Å². The van der Waals surface area contributed by atoms with Gasteiger partial charge in [-0.2, -0.15) is 0 Å². The summed E-state index contributed by atoms with van der Waals surface area (Å²) in [6, 6.07) is 8.27. The Morgan fingerprint density at radius 3 is 2.38 bits per heavy atom. The first-order chi connectivity index (χ1) is 9.77. The summed E-state index contributed by atoms with van der Waals surface area (Å²) in [5, 5.41) is 0. The van der Waals surface area contributed by atoms with Crippen LogP contribution in [0.2, 0.25) is 0 Å². The van der Waals surface area contributed by atoms with Crippen molar-refractivity contribution in [1.82, 2.24) is 4.90 Å². The van der Waals surface area contributed by atoms with Crippen LogP contribution in [0.15, 0.2) is 24.3 Å². The van der Waals surface area contributed by atoms with E-state index in [9.17, 15) is 0 Å². The lowest BCUT2D eigenvalue weighted by molar-refractivity contribution is -0.191. The van der Waals surface area contributed by atoms with Gasteiger partial charge in [0.05, 0.1) is 23.3 Å². The van der Waals surface area contributed by atoms with Gasteiger partial charge in [-0.05, 0) is 33.8 Å². The molecule has 2 N–H and O–H groups in total. The standard InChI is InChI=1S/C17H26N2O2/c1-16(2)10-19(11-17(3,4)21-16)13-9-20-14-8-6-5-7-12(14)15(13)18/h5-8,13,15H,9-11,18H2,1-4H3. The van der Waals surface area contributed by atoms with E-state index >= 15 is 0 Å². The molecule has 0 amide bonds. The van der Waals surface area contributed by atoms with Gasteiger partial charge in [0.2, 0.25) is 0 Å². The van der Waals surface area contributed by atoms with Crippen molar-refractivity contribution in [2.24, 2.45) is 5.73 Å². The minimum absolute atomic E-state index is 0.0142. The van der Waals surface area contributed by atoms with E-state index in [0.29, 0.717) is 6.61 Å². The minimum atomic E-state index is -0.168. The van der Waals surface area contributed by atoms with E-state index < -0.39 is 0 Å². The molecule has 0 radical (unpaired) electrons. The second kappa shape index (κ2) is 4.97. The molecular weight excluding hydrogens is 264 g/mol. The van der Waals surface area contributed by atoms with Gasteiger partial charge in [-0.3, -0.25) is 4.90 Å². The maximum Gasteiger partial charge on any atom is 0.124 e. The zero-order chi connectivity index (χ0) is 15.3. The average molecular weight is 290 g/mol. The van der Waals surface area contributed by atoms with Crippen molar-refractivity contribution in [3.63, 3.8) is 0 Å². The lowest BCUT2D eigenvalue weighted by Crippen LogP contribution is -2.62. The molecule has 1 aromatic rings. The van der Waals surface area contributed by atoms with Gasteiger partial charge >= 0.3 is 0 Å². The highest BCUT2D eigenvalue weighted by Gasteiger charge is 2.43. The number of fused-ring (bicyclic) bond motifs is 1. The Morgan fingerprint density at radius 1 is 1.10 bits per heavy atom. The SMILES string of the molecule is CC1(C)CN(C2COc3ccccc3C2N)CC(C)(C)O1. The van der Waals surface area contributed by atoms with Crippen LogP contribution in [0.4, 0.5) is 0 Å². The quantitative estimate of drug-likeness (QED) is 0.862. The van der Waals surface area contributed by atoms with Crippen molar-refractivity contribution in [1.29, 1.82) is 0 Å². The highest BCUT2D eigenvalue weighted by Crippen LogP contribution is 2.36. The monoisotopic (exact) mass is 290 g/mol. The molecule has 1 saturated heterocycles. The first kappa shape index (κ1) is 14.8. The second-order valence-corrected chi connectivity index (χ2v) is 7.47. The second-order valence-electron chi connectivity index (χ2n) is 7.47. The van der Waals surface area contributed by atoms with Crippen molar-refractivity contribution in [2.75, 3.05) is 19.7 Å². The number of hydrogen-bond donors (Lipinski definition) is 1. The zero-order valence-electron chi connectivity index (χ0n) is 13.4. The van der Waals surface area contributed by atoms with E-state index in [1.54, 1.807) is 0 Å². The number of para-hydroxylation sites is 1. The summed E-state index contributed by atoms with van der Waals surface area (Å²) in [6.07, 6.45) is 0. The average Bonchev–Trinajstić information content (AvgIpc) is 2.35. The topological polar surface area (TPSA) is 47.7 Å². The fourth-order valence-corrected chi connectivity index (χ4v) is 3.79. The molecule has 0 aliphatic carbocycles. The third-order valence-corrected chi connectivity index (χ3v) is 4.29. The van der Waals surface area contributed by atoms with Crippen LogP contribution in [0.25, 0.3) is 0 Å². The van der Waals surface area contributed by atoms with Crippen molar-refractivity contribution in [3.05, 3.63) is 29.8 Å². The molecular formula is C17H26N2O2. The van der Waals surface area contributed by atoms with Crippen LogP contribution in [-0.4, -0.2) is 41.8 Å². The molecule has 0 saturated carbocycles. The number of nitrogens with zero attached hydrogens (tertiary/aromatic N) is 1. The van der Waals surface area contributed by atoms with Crippen LogP contribution in [0.5, 0.6) is 5.75 Å². The number of nitrogens with two attached hydrogens (primary N) is 1. The third-order valence-electron chi connectivity index (χ3n) is 4.29. The summed E-state index contributed by atoms with van der Waals surface area (Å²) in [6.45, 7) is 11.0. The van der Waals surface area contributed by atoms with Crippen LogP contribution in [-0.2, 0) is 4.74 Å². The van der Waals surface area contributed by atoms with E-state index in [1.807, 2.05) is 18.2 Å². The number of benzene rings is 1. The highest BCUT2D eigenvalue weighted by molar-refractivity contribution is 5.38. The largest absolute Gasteiger partial charge is 0.492 e. The number of morpholine rings is 1. The molecule has 2 atom stereocenters. The predicted octanol–water partition coefficient (Wildman–Crippen LogP) is 2.34. The van der Waals surface area contributed by atoms with E-state index in [1.165, 1.54) is 0 Å². The molecule has 2 heterocycles. The molecule has 0 aromatic heterocycles. The van der Waals surface area contributed by atoms with Crippen LogP contribution in [0.3, 0.4) is 0 Å². The molecule has 1 aromatic carbocycles. The normalized spacial score (nSPS) is 31.3. The molecule has 2 aliphatic heterocycles. The molecule has 1 fully saturated rings. The summed E-state index contributed by atoms with van der Waals surface area (Å²) in [5.41, 5.74) is 7.31. The molecule has 116 valence electrons. The third kappa shape index (κ3) is 2.93. The van der Waals surface area contributed by atoms with Gasteiger partial charge in [-0.1, -0.05) is 18.2 Å². The maximum absolute atomic E-state index is 6.54. The lowest BCUT2D eigenvalue weighted by atomic mass is 9.91. The van der Waals surface area contributed by atoms with Crippen LogP contribution in [0.1, 0.15) is 39.3 Å². The first-order valence-corrected chi connectivity index (χ1v) is 7.69. The summed E-state index contributed by atoms with van der Waals surface area (Å²) in [4.78, 5) is 2.43. The lowest BCUT2D eigenvalue weighted by Gasteiger charge is -2.51. The summed E-state index contributed by atoms with van der Waals surface area (Å²) >= 11 is 0. The fraction of sp³-hybridized carbons (Fsp3) is 0.647. The number of hydrogen-bond acceptors (Lipinski definition) is 4. The predicted molar refractivity (Wildman–Crippen MR) is 83.5 cm³/mol. The molecule has 2 unspecified atom stereocenters. The Morgan fingerprint density at radius 2 is 1.71 bits per heavy atom. The maximum atomic E-state index is 6.54. The highest BCUT2D eigenvalue weighted by atomic mass is 16.5. The van der Waals surface area contributed by atoms with Gasteiger partial charge < -0.3 is 15.2 Å². The molecule has 4 heteroatoms. The molecule has 21 heavy (non-hydrogen) atoms. The zero-order valence-corrected chi connectivity index (χ0v) is 13.4. The number of ether oxygens (including phenoxy) is 2. The van der Waals surface area contributed by atoms with Gasteiger partial charge in [-0.15, -0.1) is 0 Å². The van der Waals surface area contributed by atoms with Crippen molar-refractivity contribution in [2.45, 2.75) is 51.0 Å². The van der Waals surface area contributed by atoms with Crippen LogP contribution < -0.4 is 10.5 Å². The summed E-state index contributed by atoms with van der Waals surface area (Å²) in [5.74, 6) is 0.924. The van der Waals surface area contributed by atoms with E-state index in [-0.39, 0.29) is 23.3 Å². The Balaban J connectivity index is 1.85. The van der Waals surface area contributed by atoms with Gasteiger partial charge in [0, 0.05) is 18.7 Å². The fourth-order valence-electron chi connectivity index (χ4n) is 3.79. The Kier molecular flexibility index (Phi) is 3.51. The van der Waals surface area contributed by atoms with E-state index in [4.69, 9.17) is 15.2 Å². The van der Waals surface area contributed by atoms with E-state index in [2.05, 4.69) is 38.7 Å². The molecule has 2 aliphatic rings. The molecule has 4 nitrogen and oxygen atoms in total. The van der Waals surface area contributed by atoms with Gasteiger partial charge in [0.15, 0.2) is 0 Å². The minimum Gasteiger partial charge on any atom is -0.492 e. The van der Waals surface area contributed by atoms with Crippen molar-refractivity contribution < 1.29 is 9.47 Å².